The van der Waals surface area contributed by atoms with Crippen molar-refractivity contribution < 1.29 is 4.74 Å². The summed E-state index contributed by atoms with van der Waals surface area (Å²) < 4.78 is 7.88. The fourth-order valence-corrected chi connectivity index (χ4v) is 2.85. The lowest BCUT2D eigenvalue weighted by Crippen LogP contribution is -2.04. The average molecular weight is 386 g/mol. The highest BCUT2D eigenvalue weighted by molar-refractivity contribution is 6.42. The third-order valence-corrected chi connectivity index (χ3v) is 4.76. The number of hydrogen-bond acceptors (Lipinski definition) is 2. The molecule has 0 radical (unpaired) electrons. The molecule has 3 nitrogen and oxygen atoms in total. The Bertz CT molecular complexity index is 846. The first-order chi connectivity index (χ1) is 11.1. The van der Waals surface area contributed by atoms with Gasteiger partial charge in [-0.05, 0) is 55.7 Å². The second-order valence-electron chi connectivity index (χ2n) is 5.62. The molecule has 0 unspecified atom stereocenters. The van der Waals surface area contributed by atoms with Crippen LogP contribution in [0.4, 0.5) is 0 Å². The molecule has 0 spiro atoms. The van der Waals surface area contributed by atoms with Crippen LogP contribution in [0.5, 0.6) is 5.75 Å². The Hall–Kier alpha value is -1.42. The van der Waals surface area contributed by atoms with E-state index in [4.69, 9.17) is 27.9 Å². The summed E-state index contributed by atoms with van der Waals surface area (Å²) in [5.41, 5.74) is 4.74. The van der Waals surface area contributed by atoms with Crippen molar-refractivity contribution in [2.75, 3.05) is 6.61 Å². The molecule has 0 saturated heterocycles. The smallest absolute Gasteiger partial charge is 0.139 e. The quantitative estimate of drug-likeness (QED) is 0.515. The van der Waals surface area contributed by atoms with Crippen LogP contribution in [0.3, 0.4) is 0 Å². The molecule has 0 N–H and O–H groups in total. The van der Waals surface area contributed by atoms with Crippen molar-refractivity contribution in [1.82, 2.24) is 9.55 Å². The zero-order valence-electron chi connectivity index (χ0n) is 13.6. The van der Waals surface area contributed by atoms with E-state index in [0.29, 0.717) is 22.4 Å². The lowest BCUT2D eigenvalue weighted by Gasteiger charge is -2.10. The van der Waals surface area contributed by atoms with Crippen LogP contribution in [0.25, 0.3) is 11.0 Å². The summed E-state index contributed by atoms with van der Waals surface area (Å²) in [6.07, 6.45) is 2.75. The predicted octanol–water partition coefficient (Wildman–Crippen LogP) is 5.85. The minimum absolute atomic E-state index is 0. The summed E-state index contributed by atoms with van der Waals surface area (Å²) in [5.74, 6) is 0.626. The molecule has 0 saturated carbocycles. The number of rotatable bonds is 5. The molecule has 0 atom stereocenters. The SMILES string of the molecule is Cc1cc2ncn(CCCOc3cccc(Cl)c3Cl)c2cc1C.Cl. The number of nitrogens with zero attached hydrogens (tertiary/aromatic N) is 2. The first-order valence-electron chi connectivity index (χ1n) is 7.55. The van der Waals surface area contributed by atoms with Crippen LogP contribution in [-0.2, 0) is 6.54 Å². The second-order valence-corrected chi connectivity index (χ2v) is 6.40. The van der Waals surface area contributed by atoms with Crippen LogP contribution < -0.4 is 4.74 Å². The lowest BCUT2D eigenvalue weighted by atomic mass is 10.1. The number of halogens is 3. The molecule has 0 amide bonds. The number of aryl methyl sites for hydroxylation is 3. The lowest BCUT2D eigenvalue weighted by molar-refractivity contribution is 0.303. The van der Waals surface area contributed by atoms with Gasteiger partial charge in [0.2, 0.25) is 0 Å². The molecule has 0 bridgehead atoms. The molecule has 1 aromatic heterocycles. The van der Waals surface area contributed by atoms with Gasteiger partial charge in [-0.25, -0.2) is 4.98 Å². The molecular weight excluding hydrogens is 367 g/mol. The minimum atomic E-state index is 0. The van der Waals surface area contributed by atoms with Gasteiger partial charge in [0.25, 0.3) is 0 Å². The number of hydrogen-bond donors (Lipinski definition) is 0. The second kappa shape index (κ2) is 8.11. The Labute approximate surface area is 158 Å². The zero-order chi connectivity index (χ0) is 16.4. The van der Waals surface area contributed by atoms with Gasteiger partial charge in [0.15, 0.2) is 0 Å². The van der Waals surface area contributed by atoms with Crippen LogP contribution in [0.2, 0.25) is 10.0 Å². The Kier molecular flexibility index (Phi) is 6.39. The van der Waals surface area contributed by atoms with Crippen LogP contribution >= 0.6 is 35.6 Å². The van der Waals surface area contributed by atoms with Crippen molar-refractivity contribution in [3.05, 3.63) is 57.8 Å². The van der Waals surface area contributed by atoms with E-state index >= 15 is 0 Å². The largest absolute Gasteiger partial charge is 0.492 e. The maximum atomic E-state index is 6.11. The van der Waals surface area contributed by atoms with Crippen LogP contribution in [-0.4, -0.2) is 16.2 Å². The van der Waals surface area contributed by atoms with Crippen molar-refractivity contribution in [2.24, 2.45) is 0 Å². The van der Waals surface area contributed by atoms with E-state index in [1.807, 2.05) is 18.5 Å². The summed E-state index contributed by atoms with van der Waals surface area (Å²) in [6, 6.07) is 9.72. The van der Waals surface area contributed by atoms with Gasteiger partial charge in [-0.3, -0.25) is 0 Å². The molecule has 0 aliphatic heterocycles. The molecule has 3 rings (SSSR count). The maximum Gasteiger partial charge on any atom is 0.139 e. The molecule has 3 aromatic rings. The monoisotopic (exact) mass is 384 g/mol. The topological polar surface area (TPSA) is 27.1 Å². The van der Waals surface area contributed by atoms with Gasteiger partial charge >= 0.3 is 0 Å². The average Bonchev–Trinajstić information content (AvgIpc) is 2.90. The summed E-state index contributed by atoms with van der Waals surface area (Å²) >= 11 is 12.1. The summed E-state index contributed by atoms with van der Waals surface area (Å²) in [6.45, 7) is 5.65. The van der Waals surface area contributed by atoms with Gasteiger partial charge in [0.1, 0.15) is 10.8 Å². The van der Waals surface area contributed by atoms with Crippen LogP contribution in [0.15, 0.2) is 36.7 Å². The highest BCUT2D eigenvalue weighted by atomic mass is 35.5. The standard InChI is InChI=1S/C18H18Cl2N2O.ClH/c1-12-9-15-16(10-13(12)2)22(11-21-15)7-4-8-23-17-6-3-5-14(19)18(17)20;/h3,5-6,9-11H,4,7-8H2,1-2H3;1H. The highest BCUT2D eigenvalue weighted by Crippen LogP contribution is 2.31. The Morgan fingerprint density at radius 3 is 2.67 bits per heavy atom. The van der Waals surface area contributed by atoms with Crippen molar-refractivity contribution in [3.8, 4) is 5.75 Å². The molecule has 0 aliphatic rings. The van der Waals surface area contributed by atoms with Gasteiger partial charge in [0, 0.05) is 6.54 Å². The van der Waals surface area contributed by atoms with Crippen molar-refractivity contribution in [1.29, 1.82) is 0 Å². The van der Waals surface area contributed by atoms with Crippen LogP contribution in [0.1, 0.15) is 17.5 Å². The van der Waals surface area contributed by atoms with Gasteiger partial charge in [-0.15, -0.1) is 12.4 Å². The third-order valence-electron chi connectivity index (χ3n) is 3.95. The van der Waals surface area contributed by atoms with Crippen molar-refractivity contribution in [3.63, 3.8) is 0 Å². The van der Waals surface area contributed by atoms with E-state index in [0.717, 1.165) is 24.0 Å². The fraction of sp³-hybridized carbons (Fsp3) is 0.278. The maximum absolute atomic E-state index is 6.11. The van der Waals surface area contributed by atoms with Gasteiger partial charge in [0.05, 0.1) is 29.0 Å². The summed E-state index contributed by atoms with van der Waals surface area (Å²) in [5, 5.41) is 0.976. The summed E-state index contributed by atoms with van der Waals surface area (Å²) in [4.78, 5) is 4.47. The molecule has 6 heteroatoms. The predicted molar refractivity (Wildman–Crippen MR) is 103 cm³/mol. The number of ether oxygens (including phenoxy) is 1. The molecule has 0 aliphatic carbocycles. The molecule has 2 aromatic carbocycles. The zero-order valence-corrected chi connectivity index (χ0v) is 15.9. The Morgan fingerprint density at radius 2 is 1.88 bits per heavy atom. The van der Waals surface area contributed by atoms with E-state index in [2.05, 4.69) is 35.5 Å². The fourth-order valence-electron chi connectivity index (χ4n) is 2.50. The number of benzene rings is 2. The number of fused-ring (bicyclic) bond motifs is 1. The Balaban J connectivity index is 0.00000208. The molecule has 0 fully saturated rings. The van der Waals surface area contributed by atoms with Crippen molar-refractivity contribution >= 4 is 46.6 Å². The first kappa shape index (κ1) is 18.9. The summed E-state index contributed by atoms with van der Waals surface area (Å²) in [7, 11) is 0. The number of aromatic nitrogens is 2. The van der Waals surface area contributed by atoms with Crippen LogP contribution in [0, 0.1) is 13.8 Å². The first-order valence-corrected chi connectivity index (χ1v) is 8.31. The molecule has 24 heavy (non-hydrogen) atoms. The third kappa shape index (κ3) is 3.97. The van der Waals surface area contributed by atoms with E-state index in [9.17, 15) is 0 Å². The molecule has 128 valence electrons. The van der Waals surface area contributed by atoms with E-state index in [1.54, 1.807) is 6.07 Å². The van der Waals surface area contributed by atoms with E-state index in [-0.39, 0.29) is 12.4 Å². The Morgan fingerprint density at radius 1 is 1.12 bits per heavy atom. The van der Waals surface area contributed by atoms with E-state index < -0.39 is 0 Å². The van der Waals surface area contributed by atoms with Gasteiger partial charge < -0.3 is 9.30 Å². The number of imidazole rings is 1. The molecular formula is C18H19Cl3N2O. The normalized spacial score (nSPS) is 10.7. The van der Waals surface area contributed by atoms with Gasteiger partial charge in [-0.2, -0.15) is 0 Å². The highest BCUT2D eigenvalue weighted by Gasteiger charge is 2.07. The van der Waals surface area contributed by atoms with Gasteiger partial charge in [-0.1, -0.05) is 29.3 Å². The molecule has 1 heterocycles. The van der Waals surface area contributed by atoms with Crippen molar-refractivity contribution in [2.45, 2.75) is 26.8 Å². The van der Waals surface area contributed by atoms with E-state index in [1.165, 1.54) is 11.1 Å². The minimum Gasteiger partial charge on any atom is -0.492 e.